The third-order valence-corrected chi connectivity index (χ3v) is 5.84. The van der Waals surface area contributed by atoms with Crippen LogP contribution < -0.4 is 4.90 Å². The molecule has 5 heteroatoms. The van der Waals surface area contributed by atoms with Crippen LogP contribution in [-0.4, -0.2) is 16.8 Å². The van der Waals surface area contributed by atoms with Gasteiger partial charge < -0.3 is 10.0 Å². The van der Waals surface area contributed by atoms with E-state index >= 15 is 0 Å². The number of anilines is 1. The van der Waals surface area contributed by atoms with Crippen LogP contribution in [-0.2, 0) is 16.9 Å². The highest BCUT2D eigenvalue weighted by atomic mass is 19.1. The van der Waals surface area contributed by atoms with Gasteiger partial charge in [-0.3, -0.25) is 9.59 Å². The topological polar surface area (TPSA) is 57.6 Å². The van der Waals surface area contributed by atoms with Crippen LogP contribution in [0.3, 0.4) is 0 Å². The Balaban J connectivity index is 1.71. The van der Waals surface area contributed by atoms with Crippen LogP contribution in [0.2, 0.25) is 0 Å². The van der Waals surface area contributed by atoms with Crippen molar-refractivity contribution in [2.75, 3.05) is 4.90 Å². The van der Waals surface area contributed by atoms with Crippen molar-refractivity contribution >= 4 is 17.4 Å². The van der Waals surface area contributed by atoms with E-state index < -0.39 is 17.3 Å². The lowest BCUT2D eigenvalue weighted by molar-refractivity contribution is -0.136. The Morgan fingerprint density at radius 2 is 1.68 bits per heavy atom. The summed E-state index contributed by atoms with van der Waals surface area (Å²) in [5.74, 6) is -1.25. The molecule has 4 rings (SSSR count). The zero-order valence-electron chi connectivity index (χ0n) is 17.8. The highest BCUT2D eigenvalue weighted by molar-refractivity contribution is 6.11. The molecule has 158 valence electrons. The molecule has 1 N–H and O–H groups in total. The molecule has 0 fully saturated rings. The number of benzene rings is 3. The number of fused-ring (bicyclic) bond motifs is 1. The average molecular weight is 417 g/mol. The molecule has 1 unspecified atom stereocenters. The van der Waals surface area contributed by atoms with Gasteiger partial charge in [-0.05, 0) is 55.7 Å². The van der Waals surface area contributed by atoms with Crippen LogP contribution in [0.15, 0.2) is 60.7 Å². The van der Waals surface area contributed by atoms with Crippen molar-refractivity contribution in [3.8, 4) is 0 Å². The molecule has 1 amide bonds. The summed E-state index contributed by atoms with van der Waals surface area (Å²) < 4.78 is 13.7. The van der Waals surface area contributed by atoms with Crippen molar-refractivity contribution in [3.05, 3.63) is 99.9 Å². The summed E-state index contributed by atoms with van der Waals surface area (Å²) in [6, 6.07) is 16.7. The number of hydrogen-bond donors (Lipinski definition) is 1. The summed E-state index contributed by atoms with van der Waals surface area (Å²) in [6.45, 7) is 5.78. The molecule has 3 aromatic carbocycles. The van der Waals surface area contributed by atoms with Gasteiger partial charge in [0.2, 0.25) is 0 Å². The second-order valence-corrected chi connectivity index (χ2v) is 8.27. The number of aryl methyl sites for hydroxylation is 3. The predicted molar refractivity (Wildman–Crippen MR) is 118 cm³/mol. The summed E-state index contributed by atoms with van der Waals surface area (Å²) >= 11 is 0. The van der Waals surface area contributed by atoms with Crippen LogP contribution in [0, 0.1) is 26.6 Å². The molecule has 0 aromatic heterocycles. The smallest absolute Gasteiger partial charge is 0.264 e. The van der Waals surface area contributed by atoms with Gasteiger partial charge in [-0.1, -0.05) is 48.0 Å². The molecule has 1 aliphatic rings. The zero-order chi connectivity index (χ0) is 22.3. The molecular formula is C26H24FNO3. The summed E-state index contributed by atoms with van der Waals surface area (Å²) in [4.78, 5) is 28.1. The second-order valence-electron chi connectivity index (χ2n) is 8.27. The first kappa shape index (κ1) is 20.9. The Labute approximate surface area is 181 Å². The van der Waals surface area contributed by atoms with Gasteiger partial charge in [0.05, 0.1) is 18.7 Å². The maximum Gasteiger partial charge on any atom is 0.264 e. The van der Waals surface area contributed by atoms with Crippen molar-refractivity contribution < 1.29 is 19.1 Å². The van der Waals surface area contributed by atoms with E-state index in [1.807, 2.05) is 32.9 Å². The van der Waals surface area contributed by atoms with Crippen molar-refractivity contribution in [3.63, 3.8) is 0 Å². The summed E-state index contributed by atoms with van der Waals surface area (Å²) in [7, 11) is 0. The van der Waals surface area contributed by atoms with E-state index in [9.17, 15) is 19.1 Å². The molecule has 0 saturated carbocycles. The molecular weight excluding hydrogens is 393 g/mol. The van der Waals surface area contributed by atoms with Crippen molar-refractivity contribution in [1.29, 1.82) is 0 Å². The summed E-state index contributed by atoms with van der Waals surface area (Å²) in [6.07, 6.45) is -0.354. The summed E-state index contributed by atoms with van der Waals surface area (Å²) in [5.41, 5.74) is 2.79. The fourth-order valence-electron chi connectivity index (χ4n) is 4.59. The molecule has 0 aliphatic carbocycles. The molecule has 1 aliphatic heterocycles. The minimum Gasteiger partial charge on any atom is -0.375 e. The van der Waals surface area contributed by atoms with E-state index in [1.165, 1.54) is 17.0 Å². The lowest BCUT2D eigenvalue weighted by atomic mass is 9.85. The Morgan fingerprint density at radius 3 is 2.35 bits per heavy atom. The molecule has 0 saturated heterocycles. The standard InChI is InChI=1S/C26H24FNO3/c1-16-11-17(2)24(18(3)12-16)23(29)14-26(31)21-9-4-5-10-22(21)28(25(26)30)15-19-7-6-8-20(27)13-19/h4-13,31H,14-15H2,1-3H3. The molecule has 0 bridgehead atoms. The number of hydrogen-bond acceptors (Lipinski definition) is 3. The Bertz CT molecular complexity index is 1180. The van der Waals surface area contributed by atoms with Gasteiger partial charge >= 0.3 is 0 Å². The van der Waals surface area contributed by atoms with Gasteiger partial charge in [0, 0.05) is 11.1 Å². The lowest BCUT2D eigenvalue weighted by Gasteiger charge is -2.23. The minimum atomic E-state index is -1.97. The van der Waals surface area contributed by atoms with Crippen molar-refractivity contribution in [2.24, 2.45) is 0 Å². The molecule has 4 nitrogen and oxygen atoms in total. The Hall–Kier alpha value is -3.31. The van der Waals surface area contributed by atoms with Crippen LogP contribution in [0.5, 0.6) is 0 Å². The maximum atomic E-state index is 13.7. The van der Waals surface area contributed by atoms with Crippen LogP contribution >= 0.6 is 0 Å². The van der Waals surface area contributed by atoms with Gasteiger partial charge in [0.15, 0.2) is 11.4 Å². The van der Waals surface area contributed by atoms with E-state index in [4.69, 9.17) is 0 Å². The first-order chi connectivity index (χ1) is 14.7. The monoisotopic (exact) mass is 417 g/mol. The van der Waals surface area contributed by atoms with E-state index in [-0.39, 0.29) is 18.7 Å². The summed E-state index contributed by atoms with van der Waals surface area (Å²) in [5, 5.41) is 11.5. The van der Waals surface area contributed by atoms with E-state index in [1.54, 1.807) is 36.4 Å². The Morgan fingerprint density at radius 1 is 1.00 bits per heavy atom. The van der Waals surface area contributed by atoms with E-state index in [0.717, 1.165) is 16.7 Å². The highest BCUT2D eigenvalue weighted by Crippen LogP contribution is 2.43. The minimum absolute atomic E-state index is 0.104. The molecule has 3 aromatic rings. The largest absolute Gasteiger partial charge is 0.375 e. The Kier molecular flexibility index (Phi) is 5.23. The first-order valence-electron chi connectivity index (χ1n) is 10.2. The molecule has 0 spiro atoms. The molecule has 1 atom stereocenters. The highest BCUT2D eigenvalue weighted by Gasteiger charge is 2.50. The number of amides is 1. The number of nitrogens with zero attached hydrogens (tertiary/aromatic N) is 1. The number of ketones is 1. The first-order valence-corrected chi connectivity index (χ1v) is 10.2. The number of carbonyl (C=O) groups is 2. The fraction of sp³-hybridized carbons (Fsp3) is 0.231. The van der Waals surface area contributed by atoms with Gasteiger partial charge in [-0.15, -0.1) is 0 Å². The van der Waals surface area contributed by atoms with E-state index in [2.05, 4.69) is 0 Å². The van der Waals surface area contributed by atoms with E-state index in [0.29, 0.717) is 22.4 Å². The fourth-order valence-corrected chi connectivity index (χ4v) is 4.59. The third-order valence-electron chi connectivity index (χ3n) is 5.84. The van der Waals surface area contributed by atoms with Gasteiger partial charge in [-0.25, -0.2) is 4.39 Å². The molecule has 1 heterocycles. The van der Waals surface area contributed by atoms with Crippen LogP contribution in [0.25, 0.3) is 0 Å². The maximum absolute atomic E-state index is 13.7. The van der Waals surface area contributed by atoms with Gasteiger partial charge in [0.25, 0.3) is 5.91 Å². The number of aliphatic hydroxyl groups is 1. The zero-order valence-corrected chi connectivity index (χ0v) is 17.8. The van der Waals surface area contributed by atoms with Gasteiger partial charge in [0.1, 0.15) is 5.82 Å². The number of halogens is 1. The molecule has 31 heavy (non-hydrogen) atoms. The third kappa shape index (κ3) is 3.66. The lowest BCUT2D eigenvalue weighted by Crippen LogP contribution is -2.41. The normalized spacial score (nSPS) is 17.7. The number of Topliss-reactive ketones (excluding diaryl/α,β-unsaturated/α-hetero) is 1. The number of para-hydroxylation sites is 1. The van der Waals surface area contributed by atoms with Crippen LogP contribution in [0.1, 0.15) is 44.6 Å². The van der Waals surface area contributed by atoms with Crippen molar-refractivity contribution in [2.45, 2.75) is 39.3 Å². The average Bonchev–Trinajstić information content (AvgIpc) is 2.89. The molecule has 0 radical (unpaired) electrons. The van der Waals surface area contributed by atoms with Crippen LogP contribution in [0.4, 0.5) is 10.1 Å². The quantitative estimate of drug-likeness (QED) is 0.609. The van der Waals surface area contributed by atoms with Crippen molar-refractivity contribution in [1.82, 2.24) is 0 Å². The number of carbonyl (C=O) groups excluding carboxylic acids is 2. The SMILES string of the molecule is Cc1cc(C)c(C(=O)CC2(O)C(=O)N(Cc3cccc(F)c3)c3ccccc32)c(C)c1. The predicted octanol–water partition coefficient (Wildman–Crippen LogP) is 4.76. The van der Waals surface area contributed by atoms with Gasteiger partial charge in [-0.2, -0.15) is 0 Å². The second kappa shape index (κ2) is 7.75. The number of rotatable bonds is 5.